The van der Waals surface area contributed by atoms with Gasteiger partial charge in [0.2, 0.25) is 0 Å². The van der Waals surface area contributed by atoms with Crippen LogP contribution in [0.5, 0.6) is 0 Å². The minimum absolute atomic E-state index is 0.0182. The number of hydrogen-bond acceptors (Lipinski definition) is 3. The number of aromatic nitrogens is 2. The first kappa shape index (κ1) is 10.2. The van der Waals surface area contributed by atoms with Crippen molar-refractivity contribution < 1.29 is 4.79 Å². The summed E-state index contributed by atoms with van der Waals surface area (Å²) in [5, 5.41) is 6.46. The predicted molar refractivity (Wildman–Crippen MR) is 56.3 cm³/mol. The number of carbonyl (C=O) groups is 1. The first-order chi connectivity index (χ1) is 7.14. The van der Waals surface area contributed by atoms with Crippen LogP contribution in [-0.4, -0.2) is 40.6 Å². The number of nitrogens with zero attached hydrogens (tertiary/aromatic N) is 2. The number of nitrogens with two attached hydrogens (primary N) is 1. The van der Waals surface area contributed by atoms with Crippen LogP contribution < -0.4 is 5.73 Å². The quantitative estimate of drug-likeness (QED) is 0.730. The van der Waals surface area contributed by atoms with E-state index in [0.29, 0.717) is 12.2 Å². The molecule has 2 heterocycles. The van der Waals surface area contributed by atoms with Gasteiger partial charge in [0.1, 0.15) is 5.69 Å². The van der Waals surface area contributed by atoms with Gasteiger partial charge in [0.25, 0.3) is 5.91 Å². The van der Waals surface area contributed by atoms with Crippen LogP contribution in [0.4, 0.5) is 0 Å². The summed E-state index contributed by atoms with van der Waals surface area (Å²) in [5.41, 5.74) is 6.32. The van der Waals surface area contributed by atoms with Crippen molar-refractivity contribution >= 4 is 5.91 Å². The van der Waals surface area contributed by atoms with E-state index < -0.39 is 0 Å². The van der Waals surface area contributed by atoms with Crippen molar-refractivity contribution in [1.29, 1.82) is 0 Å². The van der Waals surface area contributed by atoms with Gasteiger partial charge in [-0.1, -0.05) is 6.92 Å². The zero-order valence-electron chi connectivity index (χ0n) is 8.86. The second kappa shape index (κ2) is 3.66. The van der Waals surface area contributed by atoms with Crippen molar-refractivity contribution in [3.8, 4) is 0 Å². The van der Waals surface area contributed by atoms with Crippen LogP contribution in [0, 0.1) is 5.41 Å². The molecule has 1 aromatic rings. The number of rotatable bonds is 2. The Balaban J connectivity index is 2.06. The summed E-state index contributed by atoms with van der Waals surface area (Å²) >= 11 is 0. The lowest BCUT2D eigenvalue weighted by molar-refractivity contribution is 0.0771. The van der Waals surface area contributed by atoms with Crippen molar-refractivity contribution in [3.63, 3.8) is 0 Å². The molecular weight excluding hydrogens is 192 g/mol. The molecule has 0 bridgehead atoms. The number of carbonyl (C=O) groups excluding carboxylic acids is 1. The van der Waals surface area contributed by atoms with Crippen molar-refractivity contribution in [2.75, 3.05) is 19.6 Å². The third kappa shape index (κ3) is 1.87. The molecule has 15 heavy (non-hydrogen) atoms. The third-order valence-corrected chi connectivity index (χ3v) is 3.07. The first-order valence-electron chi connectivity index (χ1n) is 5.13. The summed E-state index contributed by atoms with van der Waals surface area (Å²) < 4.78 is 0. The second-order valence-corrected chi connectivity index (χ2v) is 4.46. The van der Waals surface area contributed by atoms with Gasteiger partial charge in [0, 0.05) is 19.3 Å². The molecule has 2 rings (SSSR count). The van der Waals surface area contributed by atoms with E-state index >= 15 is 0 Å². The molecule has 1 amide bonds. The van der Waals surface area contributed by atoms with E-state index in [1.807, 2.05) is 4.90 Å². The average molecular weight is 208 g/mol. The zero-order valence-corrected chi connectivity index (χ0v) is 8.86. The maximum Gasteiger partial charge on any atom is 0.271 e. The van der Waals surface area contributed by atoms with Gasteiger partial charge in [-0.05, 0) is 24.4 Å². The molecule has 5 heteroatoms. The number of amides is 1. The van der Waals surface area contributed by atoms with E-state index in [9.17, 15) is 4.79 Å². The maximum atomic E-state index is 11.9. The molecule has 1 unspecified atom stereocenters. The molecule has 5 nitrogen and oxygen atoms in total. The molecule has 1 fully saturated rings. The Bertz CT molecular complexity index is 348. The fourth-order valence-corrected chi connectivity index (χ4v) is 1.91. The van der Waals surface area contributed by atoms with Crippen LogP contribution in [0.3, 0.4) is 0 Å². The summed E-state index contributed by atoms with van der Waals surface area (Å²) in [6, 6.07) is 1.69. The van der Waals surface area contributed by atoms with Gasteiger partial charge in [-0.15, -0.1) is 0 Å². The summed E-state index contributed by atoms with van der Waals surface area (Å²) in [6.07, 6.45) is 2.56. The van der Waals surface area contributed by atoms with Gasteiger partial charge in [-0.2, -0.15) is 5.10 Å². The maximum absolute atomic E-state index is 11.9. The lowest BCUT2D eigenvalue weighted by Gasteiger charge is -2.22. The molecule has 0 aliphatic carbocycles. The van der Waals surface area contributed by atoms with E-state index in [4.69, 9.17) is 5.73 Å². The Morgan fingerprint density at radius 2 is 2.60 bits per heavy atom. The Morgan fingerprint density at radius 1 is 1.80 bits per heavy atom. The summed E-state index contributed by atoms with van der Waals surface area (Å²) in [5.74, 6) is 0.0182. The summed E-state index contributed by atoms with van der Waals surface area (Å²) in [6.45, 7) is 4.26. The standard InChI is InChI=1S/C10H16N4O/c1-10(6-11)3-5-14(7-10)9(15)8-2-4-12-13-8/h2,4H,3,5-7,11H2,1H3,(H,12,13). The number of aromatic amines is 1. The largest absolute Gasteiger partial charge is 0.337 e. The second-order valence-electron chi connectivity index (χ2n) is 4.46. The zero-order chi connectivity index (χ0) is 10.9. The fourth-order valence-electron chi connectivity index (χ4n) is 1.91. The minimum atomic E-state index is 0.0182. The molecule has 0 radical (unpaired) electrons. The smallest absolute Gasteiger partial charge is 0.271 e. The average Bonchev–Trinajstić information content (AvgIpc) is 2.86. The van der Waals surface area contributed by atoms with Gasteiger partial charge in [-0.25, -0.2) is 0 Å². The molecule has 1 saturated heterocycles. The van der Waals surface area contributed by atoms with E-state index in [-0.39, 0.29) is 11.3 Å². The van der Waals surface area contributed by atoms with Gasteiger partial charge in [-0.3, -0.25) is 9.89 Å². The number of nitrogens with one attached hydrogen (secondary N) is 1. The Kier molecular flexibility index (Phi) is 2.48. The molecule has 3 N–H and O–H groups in total. The normalized spacial score (nSPS) is 25.9. The van der Waals surface area contributed by atoms with Crippen LogP contribution in [0.25, 0.3) is 0 Å². The van der Waals surface area contributed by atoms with E-state index in [1.165, 1.54) is 0 Å². The van der Waals surface area contributed by atoms with Gasteiger partial charge < -0.3 is 10.6 Å². The topological polar surface area (TPSA) is 75.0 Å². The van der Waals surface area contributed by atoms with Gasteiger partial charge >= 0.3 is 0 Å². The fraction of sp³-hybridized carbons (Fsp3) is 0.600. The lowest BCUT2D eigenvalue weighted by Crippen LogP contribution is -2.34. The van der Waals surface area contributed by atoms with Crippen LogP contribution in [-0.2, 0) is 0 Å². The lowest BCUT2D eigenvalue weighted by atomic mass is 9.90. The predicted octanol–water partition coefficient (Wildman–Crippen LogP) is 0.221. The minimum Gasteiger partial charge on any atom is -0.337 e. The summed E-state index contributed by atoms with van der Waals surface area (Å²) in [7, 11) is 0. The van der Waals surface area contributed by atoms with Crippen molar-refractivity contribution in [3.05, 3.63) is 18.0 Å². The molecule has 82 valence electrons. The number of likely N-dealkylation sites (tertiary alicyclic amines) is 1. The third-order valence-electron chi connectivity index (χ3n) is 3.07. The highest BCUT2D eigenvalue weighted by atomic mass is 16.2. The van der Waals surface area contributed by atoms with Gasteiger partial charge in [0.15, 0.2) is 0 Å². The van der Waals surface area contributed by atoms with Crippen LogP contribution in [0.15, 0.2) is 12.3 Å². The summed E-state index contributed by atoms with van der Waals surface area (Å²) in [4.78, 5) is 13.8. The van der Waals surface area contributed by atoms with E-state index in [2.05, 4.69) is 17.1 Å². The molecule has 0 aromatic carbocycles. The number of H-pyrrole nitrogens is 1. The highest BCUT2D eigenvalue weighted by Crippen LogP contribution is 2.29. The molecule has 1 aliphatic rings. The molecule has 1 aromatic heterocycles. The Hall–Kier alpha value is -1.36. The van der Waals surface area contributed by atoms with Crippen LogP contribution in [0.2, 0.25) is 0 Å². The van der Waals surface area contributed by atoms with Crippen LogP contribution >= 0.6 is 0 Å². The first-order valence-corrected chi connectivity index (χ1v) is 5.13. The Morgan fingerprint density at radius 3 is 3.13 bits per heavy atom. The monoisotopic (exact) mass is 208 g/mol. The molecule has 1 atom stereocenters. The highest BCUT2D eigenvalue weighted by Gasteiger charge is 2.35. The molecule has 1 aliphatic heterocycles. The number of hydrogen-bond donors (Lipinski definition) is 2. The molecule has 0 saturated carbocycles. The molecule has 0 spiro atoms. The van der Waals surface area contributed by atoms with Gasteiger partial charge in [0.05, 0.1) is 0 Å². The van der Waals surface area contributed by atoms with Crippen molar-refractivity contribution in [2.24, 2.45) is 11.1 Å². The molecular formula is C10H16N4O. The highest BCUT2D eigenvalue weighted by molar-refractivity contribution is 5.92. The van der Waals surface area contributed by atoms with E-state index in [1.54, 1.807) is 12.3 Å². The van der Waals surface area contributed by atoms with E-state index in [0.717, 1.165) is 19.5 Å². The van der Waals surface area contributed by atoms with Crippen molar-refractivity contribution in [2.45, 2.75) is 13.3 Å². The van der Waals surface area contributed by atoms with Crippen LogP contribution in [0.1, 0.15) is 23.8 Å². The Labute approximate surface area is 88.6 Å². The SMILES string of the molecule is CC1(CN)CCN(C(=O)c2ccn[nH]2)C1. The van der Waals surface area contributed by atoms with Crippen molar-refractivity contribution in [1.82, 2.24) is 15.1 Å².